The van der Waals surface area contributed by atoms with E-state index >= 15 is 0 Å². The van der Waals surface area contributed by atoms with E-state index in [4.69, 9.17) is 4.52 Å². The first-order chi connectivity index (χ1) is 9.76. The highest BCUT2D eigenvalue weighted by atomic mass is 16.5. The van der Waals surface area contributed by atoms with Crippen LogP contribution in [0.15, 0.2) is 34.9 Å². The van der Waals surface area contributed by atoms with Gasteiger partial charge < -0.3 is 9.84 Å². The number of nitrogens with one attached hydrogen (secondary N) is 1. The van der Waals surface area contributed by atoms with Gasteiger partial charge in [0.15, 0.2) is 5.82 Å². The highest BCUT2D eigenvalue weighted by Crippen LogP contribution is 2.32. The molecule has 0 aliphatic rings. The minimum absolute atomic E-state index is 0.178. The maximum Gasteiger partial charge on any atom is 0.234 e. The predicted octanol–water partition coefficient (Wildman–Crippen LogP) is 3.01. The lowest BCUT2D eigenvalue weighted by atomic mass is 9.85. The van der Waals surface area contributed by atoms with Gasteiger partial charge in [0.2, 0.25) is 5.89 Å². The van der Waals surface area contributed by atoms with Crippen LogP contribution in [0.1, 0.15) is 43.5 Å². The number of benzene rings is 1. The van der Waals surface area contributed by atoms with Crippen molar-refractivity contribution in [1.29, 1.82) is 0 Å². The summed E-state index contributed by atoms with van der Waals surface area (Å²) in [6, 6.07) is 10.4. The molecule has 20 heavy (non-hydrogen) atoms. The molecule has 0 saturated carbocycles. The van der Waals surface area contributed by atoms with Crippen molar-refractivity contribution in [2.24, 2.45) is 5.92 Å². The molecule has 0 bridgehead atoms. The highest BCUT2D eigenvalue weighted by Gasteiger charge is 2.25. The molecule has 0 saturated heterocycles. The maximum absolute atomic E-state index is 5.51. The SMILES string of the molecule is CCC(C)C(c1ccccc1)c1nc(CCNC)no1. The normalized spacial score (nSPS) is 14.2. The molecule has 0 aliphatic heterocycles. The Kier molecular flexibility index (Phi) is 5.30. The molecule has 0 fully saturated rings. The first-order valence-electron chi connectivity index (χ1n) is 7.28. The Morgan fingerprint density at radius 3 is 2.65 bits per heavy atom. The first kappa shape index (κ1) is 14.7. The van der Waals surface area contributed by atoms with Crippen LogP contribution >= 0.6 is 0 Å². The van der Waals surface area contributed by atoms with Crippen LogP contribution in [0.5, 0.6) is 0 Å². The second-order valence-electron chi connectivity index (χ2n) is 5.18. The van der Waals surface area contributed by atoms with E-state index in [-0.39, 0.29) is 5.92 Å². The smallest absolute Gasteiger partial charge is 0.234 e. The molecule has 4 nitrogen and oxygen atoms in total. The van der Waals surface area contributed by atoms with Crippen LogP contribution in [-0.2, 0) is 6.42 Å². The molecule has 0 aliphatic carbocycles. The summed E-state index contributed by atoms with van der Waals surface area (Å²) in [5.74, 6) is 2.15. The van der Waals surface area contributed by atoms with E-state index in [9.17, 15) is 0 Å². The number of rotatable bonds is 7. The molecular weight excluding hydrogens is 250 g/mol. The minimum atomic E-state index is 0.178. The standard InChI is InChI=1S/C16H23N3O/c1-4-12(2)15(13-8-6-5-7-9-13)16-18-14(19-20-16)10-11-17-3/h5-9,12,15,17H,4,10-11H2,1-3H3. The van der Waals surface area contributed by atoms with Gasteiger partial charge in [-0.3, -0.25) is 0 Å². The lowest BCUT2D eigenvalue weighted by Gasteiger charge is -2.19. The van der Waals surface area contributed by atoms with Gasteiger partial charge in [-0.2, -0.15) is 4.98 Å². The van der Waals surface area contributed by atoms with Crippen molar-refractivity contribution in [3.8, 4) is 0 Å². The van der Waals surface area contributed by atoms with E-state index in [1.807, 2.05) is 13.1 Å². The topological polar surface area (TPSA) is 51.0 Å². The largest absolute Gasteiger partial charge is 0.339 e. The van der Waals surface area contributed by atoms with Gasteiger partial charge in [-0.1, -0.05) is 55.8 Å². The molecule has 0 spiro atoms. The zero-order valence-corrected chi connectivity index (χ0v) is 12.5. The molecule has 108 valence electrons. The van der Waals surface area contributed by atoms with E-state index in [0.29, 0.717) is 5.92 Å². The maximum atomic E-state index is 5.51. The Balaban J connectivity index is 2.25. The van der Waals surface area contributed by atoms with E-state index < -0.39 is 0 Å². The summed E-state index contributed by atoms with van der Waals surface area (Å²) < 4.78 is 5.51. The third kappa shape index (κ3) is 3.45. The number of likely N-dealkylation sites (N-methyl/N-ethyl adjacent to an activating group) is 1. The third-order valence-corrected chi connectivity index (χ3v) is 3.72. The highest BCUT2D eigenvalue weighted by molar-refractivity contribution is 5.25. The van der Waals surface area contributed by atoms with E-state index in [1.54, 1.807) is 0 Å². The summed E-state index contributed by atoms with van der Waals surface area (Å²) in [5, 5.41) is 7.19. The summed E-state index contributed by atoms with van der Waals surface area (Å²) in [4.78, 5) is 4.58. The number of nitrogens with zero attached hydrogens (tertiary/aromatic N) is 2. The average Bonchev–Trinajstić information content (AvgIpc) is 2.94. The van der Waals surface area contributed by atoms with Crippen LogP contribution in [0.4, 0.5) is 0 Å². The van der Waals surface area contributed by atoms with E-state index in [1.165, 1.54) is 5.56 Å². The van der Waals surface area contributed by atoms with Gasteiger partial charge in [-0.05, 0) is 18.5 Å². The van der Waals surface area contributed by atoms with Crippen LogP contribution in [0, 0.1) is 5.92 Å². The number of aromatic nitrogens is 2. The molecule has 2 atom stereocenters. The summed E-state index contributed by atoms with van der Waals surface area (Å²) in [5.41, 5.74) is 1.24. The Bertz CT molecular complexity index is 509. The van der Waals surface area contributed by atoms with Crippen LogP contribution in [0.2, 0.25) is 0 Å². The Hall–Kier alpha value is -1.68. The molecule has 2 unspecified atom stereocenters. The monoisotopic (exact) mass is 273 g/mol. The second kappa shape index (κ2) is 7.20. The van der Waals surface area contributed by atoms with Gasteiger partial charge in [0.1, 0.15) is 0 Å². The Morgan fingerprint density at radius 2 is 2.00 bits per heavy atom. The summed E-state index contributed by atoms with van der Waals surface area (Å²) >= 11 is 0. The zero-order chi connectivity index (χ0) is 14.4. The Morgan fingerprint density at radius 1 is 1.25 bits per heavy atom. The van der Waals surface area contributed by atoms with Gasteiger partial charge in [-0.25, -0.2) is 0 Å². The van der Waals surface area contributed by atoms with Gasteiger partial charge in [0, 0.05) is 13.0 Å². The molecule has 0 amide bonds. The fraction of sp³-hybridized carbons (Fsp3) is 0.500. The van der Waals surface area contributed by atoms with Crippen LogP contribution in [-0.4, -0.2) is 23.7 Å². The minimum Gasteiger partial charge on any atom is -0.339 e. The second-order valence-corrected chi connectivity index (χ2v) is 5.18. The summed E-state index contributed by atoms with van der Waals surface area (Å²) in [7, 11) is 1.92. The van der Waals surface area contributed by atoms with Gasteiger partial charge in [0.25, 0.3) is 0 Å². The van der Waals surface area contributed by atoms with Crippen LogP contribution in [0.25, 0.3) is 0 Å². The Labute approximate surface area is 120 Å². The first-order valence-corrected chi connectivity index (χ1v) is 7.28. The number of hydrogen-bond acceptors (Lipinski definition) is 4. The van der Waals surface area contributed by atoms with Gasteiger partial charge >= 0.3 is 0 Å². The van der Waals surface area contributed by atoms with E-state index in [0.717, 1.165) is 31.1 Å². The van der Waals surface area contributed by atoms with Crippen molar-refractivity contribution in [1.82, 2.24) is 15.5 Å². The van der Waals surface area contributed by atoms with Crippen molar-refractivity contribution in [2.45, 2.75) is 32.6 Å². The molecule has 1 aromatic carbocycles. The summed E-state index contributed by atoms with van der Waals surface area (Å²) in [6.07, 6.45) is 1.87. The molecule has 2 aromatic rings. The molecular formula is C16H23N3O. The molecule has 4 heteroatoms. The third-order valence-electron chi connectivity index (χ3n) is 3.72. The fourth-order valence-corrected chi connectivity index (χ4v) is 2.34. The molecule has 1 aromatic heterocycles. The van der Waals surface area contributed by atoms with Gasteiger partial charge in [-0.15, -0.1) is 0 Å². The molecule has 1 N–H and O–H groups in total. The lowest BCUT2D eigenvalue weighted by molar-refractivity contribution is 0.328. The molecule has 1 heterocycles. The quantitative estimate of drug-likeness (QED) is 0.842. The van der Waals surface area contributed by atoms with Gasteiger partial charge in [0.05, 0.1) is 5.92 Å². The molecule has 2 rings (SSSR count). The van der Waals surface area contributed by atoms with Crippen molar-refractivity contribution in [3.05, 3.63) is 47.6 Å². The van der Waals surface area contributed by atoms with Crippen LogP contribution < -0.4 is 5.32 Å². The molecule has 0 radical (unpaired) electrons. The lowest BCUT2D eigenvalue weighted by Crippen LogP contribution is -2.13. The van der Waals surface area contributed by atoms with Crippen molar-refractivity contribution in [3.63, 3.8) is 0 Å². The van der Waals surface area contributed by atoms with Crippen molar-refractivity contribution in [2.75, 3.05) is 13.6 Å². The van der Waals surface area contributed by atoms with Crippen molar-refractivity contribution < 1.29 is 4.52 Å². The van der Waals surface area contributed by atoms with Crippen LogP contribution in [0.3, 0.4) is 0 Å². The fourth-order valence-electron chi connectivity index (χ4n) is 2.34. The summed E-state index contributed by atoms with van der Waals surface area (Å²) in [6.45, 7) is 5.28. The zero-order valence-electron chi connectivity index (χ0n) is 12.5. The number of hydrogen-bond donors (Lipinski definition) is 1. The van der Waals surface area contributed by atoms with Crippen molar-refractivity contribution >= 4 is 0 Å². The average molecular weight is 273 g/mol. The van der Waals surface area contributed by atoms with E-state index in [2.05, 4.69) is 53.6 Å². The predicted molar refractivity (Wildman–Crippen MR) is 79.7 cm³/mol.